The molecule has 4 aliphatic rings. The normalized spacial score (nSPS) is 25.8. The Balaban J connectivity index is 1.01. The highest BCUT2D eigenvalue weighted by molar-refractivity contribution is 5.83. The maximum Gasteiger partial charge on any atom is 0.226 e. The van der Waals surface area contributed by atoms with Crippen molar-refractivity contribution in [2.75, 3.05) is 44.2 Å². The summed E-state index contributed by atoms with van der Waals surface area (Å²) in [6.45, 7) is 5.28. The van der Waals surface area contributed by atoms with Gasteiger partial charge in [-0.2, -0.15) is 0 Å². The molecule has 0 aromatic heterocycles. The van der Waals surface area contributed by atoms with Gasteiger partial charge in [0, 0.05) is 57.3 Å². The van der Waals surface area contributed by atoms with Crippen LogP contribution in [0.1, 0.15) is 64.2 Å². The number of carbonyl (C=O) groups excluding carboxylic acids is 2. The maximum absolute atomic E-state index is 13.0. The average Bonchev–Trinajstić information content (AvgIpc) is 3.55. The SMILES string of the molecule is O=C(CCC1CCN(C(=O)[C@H]2CC23CCCCC3)CC1)N1CCN(c2ccccc2)CC1. The highest BCUT2D eigenvalue weighted by Crippen LogP contribution is 2.62. The number of hydrogen-bond donors (Lipinski definition) is 0. The summed E-state index contributed by atoms with van der Waals surface area (Å²) in [6.07, 6.45) is 11.5. The van der Waals surface area contributed by atoms with Crippen molar-refractivity contribution in [3.05, 3.63) is 30.3 Å². The van der Waals surface area contributed by atoms with Crippen LogP contribution in [0.5, 0.6) is 0 Å². The van der Waals surface area contributed by atoms with Crippen LogP contribution >= 0.6 is 0 Å². The van der Waals surface area contributed by atoms with Crippen LogP contribution in [-0.2, 0) is 9.59 Å². The van der Waals surface area contributed by atoms with Crippen LogP contribution in [0, 0.1) is 17.3 Å². The van der Waals surface area contributed by atoms with Crippen LogP contribution in [0.2, 0.25) is 0 Å². The molecule has 1 aromatic rings. The summed E-state index contributed by atoms with van der Waals surface area (Å²) < 4.78 is 0. The molecule has 2 saturated heterocycles. The number of carbonyl (C=O) groups is 2. The first-order valence-electron chi connectivity index (χ1n) is 13.0. The molecule has 2 aliphatic carbocycles. The number of likely N-dealkylation sites (tertiary alicyclic amines) is 1. The molecule has 2 amide bonds. The fourth-order valence-corrected chi connectivity index (χ4v) is 6.51. The molecule has 5 nitrogen and oxygen atoms in total. The quantitative estimate of drug-likeness (QED) is 0.689. The van der Waals surface area contributed by atoms with Crippen molar-refractivity contribution in [3.8, 4) is 0 Å². The molecular formula is C27H39N3O2. The molecule has 5 rings (SSSR count). The van der Waals surface area contributed by atoms with Crippen molar-refractivity contribution in [2.24, 2.45) is 17.3 Å². The van der Waals surface area contributed by atoms with Gasteiger partial charge in [-0.05, 0) is 62.0 Å². The molecule has 0 unspecified atom stereocenters. The number of hydrogen-bond acceptors (Lipinski definition) is 3. The molecule has 1 spiro atoms. The number of piperazine rings is 1. The minimum absolute atomic E-state index is 0.313. The van der Waals surface area contributed by atoms with Crippen LogP contribution in [-0.4, -0.2) is 60.9 Å². The van der Waals surface area contributed by atoms with E-state index in [1.54, 1.807) is 0 Å². The number of para-hydroxylation sites is 1. The van der Waals surface area contributed by atoms with Crippen molar-refractivity contribution in [2.45, 2.75) is 64.2 Å². The van der Waals surface area contributed by atoms with Gasteiger partial charge in [-0.3, -0.25) is 9.59 Å². The lowest BCUT2D eigenvalue weighted by Crippen LogP contribution is -2.48. The smallest absolute Gasteiger partial charge is 0.226 e. The van der Waals surface area contributed by atoms with E-state index in [-0.39, 0.29) is 0 Å². The van der Waals surface area contributed by atoms with E-state index in [1.807, 2.05) is 6.07 Å². The zero-order chi connectivity index (χ0) is 22.0. The highest BCUT2D eigenvalue weighted by atomic mass is 16.2. The van der Waals surface area contributed by atoms with Gasteiger partial charge in [-0.1, -0.05) is 37.5 Å². The van der Waals surface area contributed by atoms with Gasteiger partial charge in [0.25, 0.3) is 0 Å². The zero-order valence-electron chi connectivity index (χ0n) is 19.5. The highest BCUT2D eigenvalue weighted by Gasteiger charge is 2.58. The van der Waals surface area contributed by atoms with E-state index in [0.29, 0.717) is 35.5 Å². The number of amides is 2. The van der Waals surface area contributed by atoms with E-state index in [0.717, 1.165) is 65.0 Å². The summed E-state index contributed by atoms with van der Waals surface area (Å²) in [6, 6.07) is 10.5. The molecule has 4 fully saturated rings. The van der Waals surface area contributed by atoms with Crippen molar-refractivity contribution in [3.63, 3.8) is 0 Å². The predicted molar refractivity (Wildman–Crippen MR) is 127 cm³/mol. The third-order valence-corrected chi connectivity index (χ3v) is 8.78. The number of rotatable bonds is 5. The molecule has 5 heteroatoms. The molecule has 1 atom stereocenters. The molecule has 2 heterocycles. The van der Waals surface area contributed by atoms with Crippen molar-refractivity contribution in [1.82, 2.24) is 9.80 Å². The Morgan fingerprint density at radius 3 is 2.22 bits per heavy atom. The van der Waals surface area contributed by atoms with E-state index in [4.69, 9.17) is 0 Å². The summed E-state index contributed by atoms with van der Waals surface area (Å²) in [5.74, 6) is 1.68. The topological polar surface area (TPSA) is 43.9 Å². The summed E-state index contributed by atoms with van der Waals surface area (Å²) in [5.41, 5.74) is 1.64. The van der Waals surface area contributed by atoms with Gasteiger partial charge in [0.2, 0.25) is 11.8 Å². The summed E-state index contributed by atoms with van der Waals surface area (Å²) in [4.78, 5) is 32.3. The number of nitrogens with zero attached hydrogens (tertiary/aromatic N) is 3. The number of benzene rings is 1. The molecule has 1 aromatic carbocycles. The lowest BCUT2D eigenvalue weighted by molar-refractivity contribution is -0.136. The van der Waals surface area contributed by atoms with Gasteiger partial charge in [-0.15, -0.1) is 0 Å². The third kappa shape index (κ3) is 4.67. The first-order valence-corrected chi connectivity index (χ1v) is 13.0. The summed E-state index contributed by atoms with van der Waals surface area (Å²) in [7, 11) is 0. The number of anilines is 1. The molecular weight excluding hydrogens is 398 g/mol. The van der Waals surface area contributed by atoms with Gasteiger partial charge in [0.1, 0.15) is 0 Å². The Hall–Kier alpha value is -2.04. The Morgan fingerprint density at radius 2 is 1.53 bits per heavy atom. The van der Waals surface area contributed by atoms with Gasteiger partial charge < -0.3 is 14.7 Å². The first-order chi connectivity index (χ1) is 15.6. The van der Waals surface area contributed by atoms with Crippen molar-refractivity contribution >= 4 is 17.5 Å². The second-order valence-electron chi connectivity index (χ2n) is 10.7. The zero-order valence-corrected chi connectivity index (χ0v) is 19.5. The third-order valence-electron chi connectivity index (χ3n) is 8.78. The average molecular weight is 438 g/mol. The molecule has 0 radical (unpaired) electrons. The van der Waals surface area contributed by atoms with E-state index in [9.17, 15) is 9.59 Å². The monoisotopic (exact) mass is 437 g/mol. The van der Waals surface area contributed by atoms with E-state index in [2.05, 4.69) is 39.0 Å². The van der Waals surface area contributed by atoms with Crippen LogP contribution in [0.3, 0.4) is 0 Å². The van der Waals surface area contributed by atoms with Crippen LogP contribution in [0.4, 0.5) is 5.69 Å². The molecule has 2 saturated carbocycles. The van der Waals surface area contributed by atoms with Crippen LogP contribution in [0.25, 0.3) is 0 Å². The fraction of sp³-hybridized carbons (Fsp3) is 0.704. The molecule has 32 heavy (non-hydrogen) atoms. The molecule has 0 N–H and O–H groups in total. The standard InChI is InChI=1S/C27H39N3O2/c31-25(29-19-17-28(18-20-29)23-7-3-1-4-8-23)10-9-22-11-15-30(16-12-22)26(32)24-21-27(24)13-5-2-6-14-27/h1,3-4,7-8,22,24H,2,5-6,9-21H2/t24-/m1/s1. The lowest BCUT2D eigenvalue weighted by Gasteiger charge is -2.37. The molecule has 0 bridgehead atoms. The minimum atomic E-state index is 0.313. The second-order valence-corrected chi connectivity index (χ2v) is 10.7. The van der Waals surface area contributed by atoms with Crippen LogP contribution in [0.15, 0.2) is 30.3 Å². The molecule has 174 valence electrons. The Kier molecular flexibility index (Phi) is 6.43. The molecule has 2 aliphatic heterocycles. The Morgan fingerprint density at radius 1 is 0.844 bits per heavy atom. The predicted octanol–water partition coefficient (Wildman–Crippen LogP) is 4.32. The van der Waals surface area contributed by atoms with Crippen molar-refractivity contribution < 1.29 is 9.59 Å². The van der Waals surface area contributed by atoms with Gasteiger partial charge >= 0.3 is 0 Å². The summed E-state index contributed by atoms with van der Waals surface area (Å²) in [5, 5.41) is 0. The van der Waals surface area contributed by atoms with Gasteiger partial charge in [0.05, 0.1) is 0 Å². The lowest BCUT2D eigenvalue weighted by atomic mass is 9.84. The van der Waals surface area contributed by atoms with E-state index in [1.165, 1.54) is 37.8 Å². The first kappa shape index (κ1) is 21.8. The summed E-state index contributed by atoms with van der Waals surface area (Å²) >= 11 is 0. The number of piperidine rings is 1. The Labute approximate surface area is 193 Å². The fourth-order valence-electron chi connectivity index (χ4n) is 6.51. The van der Waals surface area contributed by atoms with E-state index < -0.39 is 0 Å². The minimum Gasteiger partial charge on any atom is -0.368 e. The van der Waals surface area contributed by atoms with Crippen LogP contribution < -0.4 is 4.90 Å². The van der Waals surface area contributed by atoms with Gasteiger partial charge in [-0.25, -0.2) is 0 Å². The van der Waals surface area contributed by atoms with E-state index >= 15 is 0 Å². The largest absolute Gasteiger partial charge is 0.368 e. The van der Waals surface area contributed by atoms with Crippen molar-refractivity contribution in [1.29, 1.82) is 0 Å². The Bertz CT molecular complexity index is 788. The maximum atomic E-state index is 13.0. The second kappa shape index (κ2) is 9.44. The van der Waals surface area contributed by atoms with Gasteiger partial charge in [0.15, 0.2) is 0 Å².